The minimum absolute atomic E-state index is 0.0436. The molecule has 0 aliphatic carbocycles. The van der Waals surface area contributed by atoms with Gasteiger partial charge < -0.3 is 47.9 Å². The number of carboxylic acids is 2. The number of fused-ring (bicyclic) bond motifs is 1. The number of thiol groups is 2. The number of amides is 4. The molecule has 0 saturated heterocycles. The second-order valence-corrected chi connectivity index (χ2v) is 11.1. The van der Waals surface area contributed by atoms with Gasteiger partial charge in [0.2, 0.25) is 23.6 Å². The first-order chi connectivity index (χ1) is 21.4. The molecule has 15 nitrogen and oxygen atoms in total. The summed E-state index contributed by atoms with van der Waals surface area (Å²) in [5.41, 5.74) is 13.1. The fourth-order valence-electron chi connectivity index (χ4n) is 4.38. The summed E-state index contributed by atoms with van der Waals surface area (Å²) < 4.78 is 0. The molecule has 45 heavy (non-hydrogen) atoms. The van der Waals surface area contributed by atoms with Crippen LogP contribution in [0.3, 0.4) is 0 Å². The van der Waals surface area contributed by atoms with E-state index in [1.165, 1.54) is 0 Å². The zero-order chi connectivity index (χ0) is 33.5. The molecule has 0 fully saturated rings. The van der Waals surface area contributed by atoms with Crippen molar-refractivity contribution in [2.24, 2.45) is 11.5 Å². The van der Waals surface area contributed by atoms with E-state index < -0.39 is 72.2 Å². The Balaban J connectivity index is 2.24. The average Bonchev–Trinajstić information content (AvgIpc) is 3.42. The lowest BCUT2D eigenvalue weighted by Gasteiger charge is -2.25. The lowest BCUT2D eigenvalue weighted by atomic mass is 10.0. The van der Waals surface area contributed by atoms with Crippen LogP contribution >= 0.6 is 25.3 Å². The van der Waals surface area contributed by atoms with Gasteiger partial charge in [0.05, 0.1) is 6.04 Å². The van der Waals surface area contributed by atoms with Crippen LogP contribution in [-0.4, -0.2) is 99.0 Å². The molecule has 248 valence electrons. The van der Waals surface area contributed by atoms with Crippen LogP contribution in [0.25, 0.3) is 10.9 Å². The fourth-order valence-corrected chi connectivity index (χ4v) is 4.89. The maximum absolute atomic E-state index is 13.6. The lowest BCUT2D eigenvalue weighted by molar-refractivity contribution is -0.142. The molecule has 2 rings (SSSR count). The molecule has 0 spiro atoms. The van der Waals surface area contributed by atoms with Crippen molar-refractivity contribution in [3.8, 4) is 0 Å². The monoisotopic (exact) mass is 667 g/mol. The van der Waals surface area contributed by atoms with Crippen LogP contribution in [0.15, 0.2) is 30.5 Å². The minimum atomic E-state index is -1.44. The van der Waals surface area contributed by atoms with Crippen molar-refractivity contribution in [3.05, 3.63) is 36.0 Å². The molecule has 17 heteroatoms. The van der Waals surface area contributed by atoms with E-state index in [9.17, 15) is 33.9 Å². The smallest absolute Gasteiger partial charge is 0.327 e. The summed E-state index contributed by atoms with van der Waals surface area (Å²) in [7, 11) is 0. The largest absolute Gasteiger partial charge is 0.481 e. The topological polar surface area (TPSA) is 259 Å². The number of carbonyl (C=O) groups is 6. The molecule has 0 saturated carbocycles. The SMILES string of the molecule is NCCCC[C@H](N)C(=O)N[C@@H](Cc1c[nH]c2ccccc12)C(=O)N[C@@H](CS)C(=O)N[C@@H](CCC(=O)O)C(=O)N[C@@H](CS)C(=O)O. The number of rotatable bonds is 20. The van der Waals surface area contributed by atoms with Gasteiger partial charge in [-0.2, -0.15) is 25.3 Å². The highest BCUT2D eigenvalue weighted by Gasteiger charge is 2.32. The summed E-state index contributed by atoms with van der Waals surface area (Å²) >= 11 is 8.05. The van der Waals surface area contributed by atoms with Gasteiger partial charge >= 0.3 is 11.9 Å². The fraction of sp³-hybridized carbons (Fsp3) is 0.500. The summed E-state index contributed by atoms with van der Waals surface area (Å²) in [5.74, 6) is -6.22. The molecule has 0 aliphatic heterocycles. The molecular weight excluding hydrogens is 626 g/mol. The Hall–Kier alpha value is -3.80. The van der Waals surface area contributed by atoms with Crippen LogP contribution < -0.4 is 32.7 Å². The summed E-state index contributed by atoms with van der Waals surface area (Å²) in [4.78, 5) is 78.1. The number of hydrogen-bond donors (Lipinski definition) is 11. The number of H-pyrrole nitrogens is 1. The van der Waals surface area contributed by atoms with Gasteiger partial charge in [-0.1, -0.05) is 24.6 Å². The molecule has 0 aliphatic rings. The highest BCUT2D eigenvalue weighted by molar-refractivity contribution is 7.80. The molecular formula is C28H41N7O8S2. The summed E-state index contributed by atoms with van der Waals surface area (Å²) in [6.07, 6.45) is 2.52. The molecule has 0 unspecified atom stereocenters. The first kappa shape index (κ1) is 37.4. The second-order valence-electron chi connectivity index (χ2n) is 10.3. The number of nitrogens with two attached hydrogens (primary N) is 2. The Morgan fingerprint density at radius 1 is 0.778 bits per heavy atom. The molecule has 1 aromatic carbocycles. The van der Waals surface area contributed by atoms with E-state index in [-0.39, 0.29) is 24.3 Å². The first-order valence-corrected chi connectivity index (χ1v) is 15.6. The summed E-state index contributed by atoms with van der Waals surface area (Å²) in [6.45, 7) is 0.446. The zero-order valence-corrected chi connectivity index (χ0v) is 26.3. The maximum Gasteiger partial charge on any atom is 0.327 e. The van der Waals surface area contributed by atoms with E-state index in [4.69, 9.17) is 16.6 Å². The van der Waals surface area contributed by atoms with E-state index in [0.717, 1.165) is 16.5 Å². The number of benzene rings is 1. The predicted octanol–water partition coefficient (Wildman–Crippen LogP) is -1.09. The van der Waals surface area contributed by atoms with Crippen LogP contribution in [0.5, 0.6) is 0 Å². The van der Waals surface area contributed by atoms with E-state index >= 15 is 0 Å². The number of nitrogens with one attached hydrogen (secondary N) is 5. The Morgan fingerprint density at radius 2 is 1.36 bits per heavy atom. The van der Waals surface area contributed by atoms with Gasteiger partial charge in [-0.3, -0.25) is 24.0 Å². The molecule has 4 amide bonds. The van der Waals surface area contributed by atoms with Gasteiger partial charge in [0, 0.05) is 41.4 Å². The third kappa shape index (κ3) is 11.9. The zero-order valence-electron chi connectivity index (χ0n) is 24.5. The van der Waals surface area contributed by atoms with E-state index in [0.29, 0.717) is 25.8 Å². The van der Waals surface area contributed by atoms with Gasteiger partial charge in [-0.25, -0.2) is 4.79 Å². The van der Waals surface area contributed by atoms with Crippen LogP contribution in [-0.2, 0) is 35.2 Å². The summed E-state index contributed by atoms with van der Waals surface area (Å²) in [5, 5.41) is 29.0. The molecule has 0 radical (unpaired) electrons. The highest BCUT2D eigenvalue weighted by atomic mass is 32.1. The van der Waals surface area contributed by atoms with Gasteiger partial charge in [-0.05, 0) is 37.4 Å². The van der Waals surface area contributed by atoms with E-state index in [1.807, 2.05) is 24.3 Å². The highest BCUT2D eigenvalue weighted by Crippen LogP contribution is 2.19. The van der Waals surface area contributed by atoms with Gasteiger partial charge in [0.15, 0.2) is 0 Å². The van der Waals surface area contributed by atoms with Crippen LogP contribution in [0.4, 0.5) is 0 Å². The normalized spacial score (nSPS) is 14.4. The van der Waals surface area contributed by atoms with Crippen LogP contribution in [0, 0.1) is 0 Å². The van der Waals surface area contributed by atoms with Crippen molar-refractivity contribution in [2.45, 2.75) is 68.7 Å². The Bertz CT molecular complexity index is 1340. The number of unbranched alkanes of at least 4 members (excludes halogenated alkanes) is 1. The number of aromatic amines is 1. The number of carbonyl (C=O) groups excluding carboxylic acids is 4. The summed E-state index contributed by atoms with van der Waals surface area (Å²) in [6, 6.07) is 1.16. The van der Waals surface area contributed by atoms with Crippen molar-refractivity contribution in [1.82, 2.24) is 26.3 Å². The standard InChI is InChI=1S/C28H41N7O8S2/c29-10-4-3-6-17(30)24(38)33-20(11-15-12-31-18-7-2-1-5-16(15)18)26(40)34-21(13-44)27(41)32-19(8-9-23(36)37)25(39)35-22(14-45)28(42)43/h1-2,5,7,12,17,19-22,31,44-45H,3-4,6,8-11,13-14,29-30H2,(H,32,41)(H,33,38)(H,34,40)(H,35,39)(H,36,37)(H,42,43)/t17-,19-,20-,21-,22-/m0/s1. The average molecular weight is 668 g/mol. The quantitative estimate of drug-likeness (QED) is 0.0601. The molecule has 5 atom stereocenters. The van der Waals surface area contributed by atoms with Crippen molar-refractivity contribution in [1.29, 1.82) is 0 Å². The number of aromatic nitrogens is 1. The molecule has 0 bridgehead atoms. The van der Waals surface area contributed by atoms with E-state index in [2.05, 4.69) is 51.5 Å². The Labute approximate surface area is 270 Å². The Morgan fingerprint density at radius 3 is 1.98 bits per heavy atom. The molecule has 2 aromatic rings. The lowest BCUT2D eigenvalue weighted by Crippen LogP contribution is -2.59. The van der Waals surface area contributed by atoms with E-state index in [1.54, 1.807) is 6.20 Å². The van der Waals surface area contributed by atoms with Crippen LogP contribution in [0.2, 0.25) is 0 Å². The third-order valence-corrected chi connectivity index (χ3v) is 7.66. The number of hydrogen-bond acceptors (Lipinski definition) is 10. The minimum Gasteiger partial charge on any atom is -0.481 e. The van der Waals surface area contributed by atoms with Gasteiger partial charge in [0.25, 0.3) is 0 Å². The number of carboxylic acid groups (broad SMARTS) is 2. The predicted molar refractivity (Wildman–Crippen MR) is 173 cm³/mol. The number of para-hydroxylation sites is 1. The first-order valence-electron chi connectivity index (χ1n) is 14.3. The van der Waals surface area contributed by atoms with Gasteiger partial charge in [-0.15, -0.1) is 0 Å². The molecule has 11 N–H and O–H groups in total. The molecule has 1 aromatic heterocycles. The number of aliphatic carboxylic acids is 2. The van der Waals surface area contributed by atoms with Gasteiger partial charge in [0.1, 0.15) is 24.2 Å². The van der Waals surface area contributed by atoms with Crippen molar-refractivity contribution < 1.29 is 39.0 Å². The Kier molecular flexibility index (Phi) is 15.7. The maximum atomic E-state index is 13.6. The van der Waals surface area contributed by atoms with Crippen LogP contribution in [0.1, 0.15) is 37.7 Å². The second kappa shape index (κ2) is 18.9. The van der Waals surface area contributed by atoms with Crippen molar-refractivity contribution in [3.63, 3.8) is 0 Å². The molecule has 1 heterocycles. The van der Waals surface area contributed by atoms with Crippen molar-refractivity contribution >= 4 is 71.7 Å². The van der Waals surface area contributed by atoms with Crippen molar-refractivity contribution in [2.75, 3.05) is 18.1 Å². The third-order valence-electron chi connectivity index (χ3n) is 6.93.